The van der Waals surface area contributed by atoms with Crippen LogP contribution < -0.4 is 0 Å². The van der Waals surface area contributed by atoms with E-state index in [2.05, 4.69) is 23.8 Å². The Hall–Kier alpha value is -2.34. The van der Waals surface area contributed by atoms with Crippen LogP contribution in [0.25, 0.3) is 11.4 Å². The lowest BCUT2D eigenvalue weighted by Gasteiger charge is -1.96. The topological polar surface area (TPSA) is 103 Å². The number of benzene rings is 1. The minimum atomic E-state index is -1.82. The number of halogens is 1. The quantitative estimate of drug-likeness (QED) is 0.752. The second kappa shape index (κ2) is 8.19. The molecule has 0 aliphatic rings. The van der Waals surface area contributed by atoms with Crippen LogP contribution in [0.1, 0.15) is 24.7 Å². The molecule has 0 atom stereocenters. The molecule has 0 spiro atoms. The number of rotatable bonds is 3. The van der Waals surface area contributed by atoms with Crippen molar-refractivity contribution >= 4 is 23.5 Å². The molecule has 0 saturated heterocycles. The zero-order valence-electron chi connectivity index (χ0n) is 12.3. The number of carboxylic acid groups (broad SMARTS) is 2. The third-order valence-corrected chi connectivity index (χ3v) is 2.99. The summed E-state index contributed by atoms with van der Waals surface area (Å²) in [6.07, 6.45) is 2.13. The molecule has 0 fully saturated rings. The Labute approximate surface area is 132 Å². The van der Waals surface area contributed by atoms with E-state index >= 15 is 0 Å². The number of aromatic nitrogens is 2. The van der Waals surface area contributed by atoms with Crippen LogP contribution in [0.4, 0.5) is 0 Å². The number of aliphatic carboxylic acids is 2. The minimum Gasteiger partial charge on any atom is -0.473 e. The van der Waals surface area contributed by atoms with E-state index < -0.39 is 11.9 Å². The molecule has 22 heavy (non-hydrogen) atoms. The summed E-state index contributed by atoms with van der Waals surface area (Å²) in [6.45, 7) is 4.22. The number of aromatic amines is 1. The van der Waals surface area contributed by atoms with Crippen LogP contribution in [0.2, 0.25) is 5.02 Å². The van der Waals surface area contributed by atoms with Gasteiger partial charge in [-0.25, -0.2) is 14.6 Å². The molecule has 118 valence electrons. The Kier molecular flexibility index (Phi) is 6.59. The number of carbonyl (C=O) groups is 2. The maximum atomic E-state index is 9.10. The molecule has 0 bridgehead atoms. The minimum absolute atomic E-state index is 0.739. The summed E-state index contributed by atoms with van der Waals surface area (Å²) < 4.78 is 0. The first kappa shape index (κ1) is 17.7. The average Bonchev–Trinajstić information content (AvgIpc) is 2.81. The molecule has 0 amide bonds. The predicted octanol–water partition coefficient (Wildman–Crippen LogP) is 3.15. The lowest BCUT2D eigenvalue weighted by Crippen LogP contribution is -2.09. The van der Waals surface area contributed by atoms with E-state index in [-0.39, 0.29) is 0 Å². The normalized spacial score (nSPS) is 9.77. The fourth-order valence-electron chi connectivity index (χ4n) is 1.75. The van der Waals surface area contributed by atoms with Crippen LogP contribution >= 0.6 is 11.6 Å². The largest absolute Gasteiger partial charge is 0.473 e. The second-order valence-electron chi connectivity index (χ2n) is 4.53. The van der Waals surface area contributed by atoms with E-state index in [4.69, 9.17) is 31.4 Å². The Bertz CT molecular complexity index is 655. The van der Waals surface area contributed by atoms with Gasteiger partial charge in [-0.15, -0.1) is 0 Å². The Morgan fingerprint density at radius 3 is 2.41 bits per heavy atom. The number of carboxylic acids is 2. The van der Waals surface area contributed by atoms with Gasteiger partial charge in [0.05, 0.1) is 5.69 Å². The summed E-state index contributed by atoms with van der Waals surface area (Å²) in [5.41, 5.74) is 3.34. The first-order valence-electron chi connectivity index (χ1n) is 6.62. The second-order valence-corrected chi connectivity index (χ2v) is 4.96. The fraction of sp³-hybridized carbons (Fsp3) is 0.267. The van der Waals surface area contributed by atoms with Crippen LogP contribution in [-0.4, -0.2) is 32.1 Å². The summed E-state index contributed by atoms with van der Waals surface area (Å²) in [7, 11) is 0. The van der Waals surface area contributed by atoms with Gasteiger partial charge >= 0.3 is 11.9 Å². The van der Waals surface area contributed by atoms with Crippen LogP contribution in [0.15, 0.2) is 24.3 Å². The van der Waals surface area contributed by atoms with Gasteiger partial charge in [-0.3, -0.25) is 0 Å². The third kappa shape index (κ3) is 5.21. The molecule has 7 heteroatoms. The average molecular weight is 325 g/mol. The molecular weight excluding hydrogens is 308 g/mol. The molecule has 3 N–H and O–H groups in total. The molecule has 0 unspecified atom stereocenters. The SMILES string of the molecule is CCCc1nc(-c2cccc(Cl)c2)[nH]c1C.O=C(O)C(=O)O. The lowest BCUT2D eigenvalue weighted by atomic mass is 10.2. The van der Waals surface area contributed by atoms with Gasteiger partial charge in [0, 0.05) is 16.3 Å². The number of imidazole rings is 1. The highest BCUT2D eigenvalue weighted by atomic mass is 35.5. The van der Waals surface area contributed by atoms with Crippen LogP contribution in [0, 0.1) is 6.92 Å². The molecular formula is C15H17ClN2O4. The molecule has 6 nitrogen and oxygen atoms in total. The molecule has 2 aromatic rings. The number of hydrogen-bond acceptors (Lipinski definition) is 3. The van der Waals surface area contributed by atoms with Crippen molar-refractivity contribution in [2.45, 2.75) is 26.7 Å². The van der Waals surface area contributed by atoms with Crippen molar-refractivity contribution in [1.29, 1.82) is 0 Å². The highest BCUT2D eigenvalue weighted by Gasteiger charge is 2.07. The van der Waals surface area contributed by atoms with Crippen molar-refractivity contribution in [3.8, 4) is 11.4 Å². The molecule has 1 aromatic carbocycles. The van der Waals surface area contributed by atoms with E-state index in [1.807, 2.05) is 24.3 Å². The number of H-pyrrole nitrogens is 1. The molecule has 0 aliphatic heterocycles. The van der Waals surface area contributed by atoms with E-state index in [9.17, 15) is 0 Å². The van der Waals surface area contributed by atoms with E-state index in [1.54, 1.807) is 0 Å². The fourth-order valence-corrected chi connectivity index (χ4v) is 1.94. The van der Waals surface area contributed by atoms with E-state index in [1.165, 1.54) is 0 Å². The van der Waals surface area contributed by atoms with Crippen LogP contribution in [0.3, 0.4) is 0 Å². The lowest BCUT2D eigenvalue weighted by molar-refractivity contribution is -0.159. The highest BCUT2D eigenvalue weighted by Crippen LogP contribution is 2.21. The van der Waals surface area contributed by atoms with Gasteiger partial charge in [0.2, 0.25) is 0 Å². The van der Waals surface area contributed by atoms with Gasteiger partial charge in [0.15, 0.2) is 0 Å². The summed E-state index contributed by atoms with van der Waals surface area (Å²) in [5, 5.41) is 15.5. The first-order chi connectivity index (χ1) is 10.3. The molecule has 1 heterocycles. The first-order valence-corrected chi connectivity index (χ1v) is 7.00. The maximum absolute atomic E-state index is 9.10. The summed E-state index contributed by atoms with van der Waals surface area (Å²) in [4.78, 5) is 26.1. The highest BCUT2D eigenvalue weighted by molar-refractivity contribution is 6.30. The number of nitrogens with one attached hydrogen (secondary N) is 1. The molecule has 0 saturated carbocycles. The summed E-state index contributed by atoms with van der Waals surface area (Å²) >= 11 is 5.96. The predicted molar refractivity (Wildman–Crippen MR) is 83.0 cm³/mol. The van der Waals surface area contributed by atoms with Gasteiger partial charge < -0.3 is 15.2 Å². The monoisotopic (exact) mass is 324 g/mol. The standard InChI is InChI=1S/C13H15ClN2.C2H2O4/c1-3-5-12-9(2)15-13(16-12)10-6-4-7-11(14)8-10;3-1(4)2(5)6/h4,6-8H,3,5H2,1-2H3,(H,15,16);(H,3,4)(H,5,6). The smallest absolute Gasteiger partial charge is 0.414 e. The zero-order chi connectivity index (χ0) is 16.7. The van der Waals surface area contributed by atoms with Gasteiger partial charge in [-0.1, -0.05) is 37.1 Å². The van der Waals surface area contributed by atoms with Crippen molar-refractivity contribution in [2.75, 3.05) is 0 Å². The van der Waals surface area contributed by atoms with Gasteiger partial charge in [-0.2, -0.15) is 0 Å². The summed E-state index contributed by atoms with van der Waals surface area (Å²) in [6, 6.07) is 7.75. The summed E-state index contributed by atoms with van der Waals surface area (Å²) in [5.74, 6) is -2.74. The van der Waals surface area contributed by atoms with Gasteiger partial charge in [0.25, 0.3) is 0 Å². The zero-order valence-corrected chi connectivity index (χ0v) is 13.0. The maximum Gasteiger partial charge on any atom is 0.414 e. The van der Waals surface area contributed by atoms with Gasteiger partial charge in [-0.05, 0) is 25.5 Å². The third-order valence-electron chi connectivity index (χ3n) is 2.75. The molecule has 2 rings (SSSR count). The Balaban J connectivity index is 0.000000346. The van der Waals surface area contributed by atoms with Crippen LogP contribution in [-0.2, 0) is 16.0 Å². The molecule has 0 aliphatic carbocycles. The number of aryl methyl sites for hydroxylation is 2. The van der Waals surface area contributed by atoms with Crippen molar-refractivity contribution in [3.63, 3.8) is 0 Å². The number of nitrogens with zero attached hydrogens (tertiary/aromatic N) is 1. The Morgan fingerprint density at radius 1 is 1.27 bits per heavy atom. The number of hydrogen-bond donors (Lipinski definition) is 3. The van der Waals surface area contributed by atoms with E-state index in [0.717, 1.165) is 40.6 Å². The molecule has 1 aromatic heterocycles. The van der Waals surface area contributed by atoms with Crippen molar-refractivity contribution < 1.29 is 19.8 Å². The Morgan fingerprint density at radius 2 is 1.91 bits per heavy atom. The molecule has 0 radical (unpaired) electrons. The van der Waals surface area contributed by atoms with Crippen molar-refractivity contribution in [3.05, 3.63) is 40.7 Å². The van der Waals surface area contributed by atoms with E-state index in [0.29, 0.717) is 0 Å². The van der Waals surface area contributed by atoms with Crippen molar-refractivity contribution in [2.24, 2.45) is 0 Å². The van der Waals surface area contributed by atoms with Crippen molar-refractivity contribution in [1.82, 2.24) is 9.97 Å². The van der Waals surface area contributed by atoms with Gasteiger partial charge in [0.1, 0.15) is 5.82 Å². The van der Waals surface area contributed by atoms with Crippen LogP contribution in [0.5, 0.6) is 0 Å².